The normalized spacial score (nSPS) is 17.4. The van der Waals surface area contributed by atoms with E-state index in [1.54, 1.807) is 12.1 Å². The summed E-state index contributed by atoms with van der Waals surface area (Å²) in [6, 6.07) is 13.5. The van der Waals surface area contributed by atoms with Crippen LogP contribution >= 0.6 is 23.2 Å². The Balaban J connectivity index is 1.10. The maximum atomic E-state index is 15.8. The Bertz CT molecular complexity index is 2060. The number of hydrogen-bond donors (Lipinski definition) is 2. The number of benzene rings is 3. The molecule has 1 unspecified atom stereocenters. The molecule has 10 nitrogen and oxygen atoms in total. The van der Waals surface area contributed by atoms with Crippen molar-refractivity contribution in [1.82, 2.24) is 19.8 Å². The number of carbonyl (C=O) groups is 2. The van der Waals surface area contributed by atoms with Crippen molar-refractivity contribution >= 4 is 40.8 Å². The van der Waals surface area contributed by atoms with Gasteiger partial charge >= 0.3 is 5.97 Å². The molecule has 0 bridgehead atoms. The minimum atomic E-state index is -0.818. The monoisotopic (exact) mass is 749 g/mol. The first-order chi connectivity index (χ1) is 25.0. The number of methoxy groups -OCH3 is 2. The highest BCUT2D eigenvalue weighted by Crippen LogP contribution is 2.46. The number of rotatable bonds is 11. The molecule has 1 saturated carbocycles. The van der Waals surface area contributed by atoms with E-state index < -0.39 is 17.5 Å². The van der Waals surface area contributed by atoms with Gasteiger partial charge < -0.3 is 24.1 Å². The van der Waals surface area contributed by atoms with Crippen molar-refractivity contribution in [3.63, 3.8) is 0 Å². The highest BCUT2D eigenvalue weighted by molar-refractivity contribution is 6.36. The molecule has 13 heteroatoms. The quantitative estimate of drug-likeness (QED) is 0.153. The molecule has 52 heavy (non-hydrogen) atoms. The largest absolute Gasteiger partial charge is 0.496 e. The SMILES string of the molecule is COC(=O)C1(NCc2c(OC)cc(OC3CCc4c(-c5cccc(NC(=O)c6nc7c(n6C)CCN(C(C)C)C7)c5Cl)cccc43)c(Cl)c2F)CC1. The Labute approximate surface area is 312 Å². The number of esters is 1. The standard InChI is InChI=1S/C39H42Cl2FN5O5/c1-21(2)47-17-14-29-28(20-47)44-36(46(29)3)37(48)45-27-11-7-10-25(33(27)40)22-8-6-9-24-23(22)12-13-30(24)52-32-18-31(50-4)26(35(42)34(32)41)19-43-39(15-16-39)38(49)51-5/h6-11,18,21,30,43H,12-17,19-20H2,1-5H3,(H,45,48). The third kappa shape index (κ3) is 6.53. The molecule has 0 saturated heterocycles. The first-order valence-corrected chi connectivity index (χ1v) is 18.3. The molecule has 1 aromatic heterocycles. The van der Waals surface area contributed by atoms with Gasteiger partial charge in [-0.25, -0.2) is 9.37 Å². The summed E-state index contributed by atoms with van der Waals surface area (Å²) >= 11 is 13.6. The second-order valence-electron chi connectivity index (χ2n) is 14.0. The van der Waals surface area contributed by atoms with Crippen LogP contribution in [0.3, 0.4) is 0 Å². The lowest BCUT2D eigenvalue weighted by molar-refractivity contribution is -0.144. The molecular weight excluding hydrogens is 708 g/mol. The van der Waals surface area contributed by atoms with Crippen LogP contribution in [0.15, 0.2) is 42.5 Å². The predicted octanol–water partition coefficient (Wildman–Crippen LogP) is 7.42. The van der Waals surface area contributed by atoms with Crippen LogP contribution in [0.2, 0.25) is 10.0 Å². The molecule has 7 rings (SSSR count). The van der Waals surface area contributed by atoms with Crippen LogP contribution in [0.25, 0.3) is 11.1 Å². The molecule has 0 spiro atoms. The van der Waals surface area contributed by atoms with Crippen molar-refractivity contribution in [2.45, 2.75) is 76.7 Å². The van der Waals surface area contributed by atoms with Gasteiger partial charge in [0, 0.05) is 62.0 Å². The lowest BCUT2D eigenvalue weighted by Crippen LogP contribution is -2.39. The molecule has 2 aliphatic carbocycles. The topological polar surface area (TPSA) is 107 Å². The molecule has 4 aromatic rings. The van der Waals surface area contributed by atoms with E-state index in [1.165, 1.54) is 14.2 Å². The summed E-state index contributed by atoms with van der Waals surface area (Å²) in [6.45, 7) is 6.00. The molecule has 1 fully saturated rings. The summed E-state index contributed by atoms with van der Waals surface area (Å²) in [5, 5.41) is 6.37. The highest BCUT2D eigenvalue weighted by atomic mass is 35.5. The number of ether oxygens (including phenoxy) is 3. The summed E-state index contributed by atoms with van der Waals surface area (Å²) in [5.41, 5.74) is 5.55. The average Bonchev–Trinajstić information content (AvgIpc) is 3.72. The summed E-state index contributed by atoms with van der Waals surface area (Å²) in [7, 11) is 4.67. The number of nitrogens with one attached hydrogen (secondary N) is 2. The number of anilines is 1. The van der Waals surface area contributed by atoms with Crippen molar-refractivity contribution in [2.24, 2.45) is 7.05 Å². The fraction of sp³-hybridized carbons (Fsp3) is 0.410. The second-order valence-corrected chi connectivity index (χ2v) is 14.7. The zero-order valence-corrected chi connectivity index (χ0v) is 31.4. The van der Waals surface area contributed by atoms with Crippen molar-refractivity contribution < 1.29 is 28.2 Å². The molecule has 2 N–H and O–H groups in total. The van der Waals surface area contributed by atoms with Crippen LogP contribution in [0.1, 0.15) is 77.9 Å². The maximum absolute atomic E-state index is 15.8. The van der Waals surface area contributed by atoms with Crippen LogP contribution in [0.4, 0.5) is 10.1 Å². The summed E-state index contributed by atoms with van der Waals surface area (Å²) in [6.07, 6.45) is 2.96. The first kappa shape index (κ1) is 36.2. The molecule has 3 aliphatic rings. The Morgan fingerprint density at radius 2 is 1.81 bits per heavy atom. The maximum Gasteiger partial charge on any atom is 0.326 e. The van der Waals surface area contributed by atoms with Gasteiger partial charge in [0.15, 0.2) is 11.6 Å². The highest BCUT2D eigenvalue weighted by Gasteiger charge is 2.51. The van der Waals surface area contributed by atoms with Crippen LogP contribution < -0.4 is 20.1 Å². The summed E-state index contributed by atoms with van der Waals surface area (Å²) < 4.78 is 34.5. The van der Waals surface area contributed by atoms with Gasteiger partial charge in [0.1, 0.15) is 28.2 Å². The van der Waals surface area contributed by atoms with Gasteiger partial charge in [0.05, 0.1) is 30.6 Å². The lowest BCUT2D eigenvalue weighted by Gasteiger charge is -2.29. The van der Waals surface area contributed by atoms with E-state index in [4.69, 9.17) is 42.4 Å². The van der Waals surface area contributed by atoms with Gasteiger partial charge in [-0.05, 0) is 62.3 Å². The third-order valence-corrected chi connectivity index (χ3v) is 11.4. The second kappa shape index (κ2) is 14.3. The fourth-order valence-electron chi connectivity index (χ4n) is 7.43. The molecule has 274 valence electrons. The average molecular weight is 751 g/mol. The summed E-state index contributed by atoms with van der Waals surface area (Å²) in [4.78, 5) is 32.8. The van der Waals surface area contributed by atoms with Gasteiger partial charge in [-0.1, -0.05) is 53.5 Å². The van der Waals surface area contributed by atoms with Crippen molar-refractivity contribution in [1.29, 1.82) is 0 Å². The Morgan fingerprint density at radius 1 is 1.06 bits per heavy atom. The van der Waals surface area contributed by atoms with Gasteiger partial charge in [-0.2, -0.15) is 0 Å². The Hall–Kier alpha value is -4.16. The number of aromatic nitrogens is 2. The molecule has 0 radical (unpaired) electrons. The van der Waals surface area contributed by atoms with Crippen LogP contribution in [-0.4, -0.2) is 58.7 Å². The van der Waals surface area contributed by atoms with E-state index in [0.717, 1.165) is 46.6 Å². The number of amides is 1. The van der Waals surface area contributed by atoms with E-state index in [-0.39, 0.29) is 40.5 Å². The number of nitrogens with zero attached hydrogens (tertiary/aromatic N) is 3. The number of hydrogen-bond acceptors (Lipinski definition) is 8. The number of imidazole rings is 1. The number of fused-ring (bicyclic) bond motifs is 2. The van der Waals surface area contributed by atoms with Gasteiger partial charge in [-0.15, -0.1) is 0 Å². The van der Waals surface area contributed by atoms with Crippen LogP contribution in [-0.2, 0) is 42.5 Å². The molecule has 2 heterocycles. The van der Waals surface area contributed by atoms with Crippen LogP contribution in [0.5, 0.6) is 11.5 Å². The van der Waals surface area contributed by atoms with Crippen molar-refractivity contribution in [2.75, 3.05) is 26.1 Å². The van der Waals surface area contributed by atoms with E-state index >= 15 is 4.39 Å². The van der Waals surface area contributed by atoms with Gasteiger partial charge in [0.25, 0.3) is 5.91 Å². The Kier molecular flexibility index (Phi) is 9.99. The van der Waals surface area contributed by atoms with E-state index in [1.807, 2.05) is 41.9 Å². The minimum absolute atomic E-state index is 0.0286. The van der Waals surface area contributed by atoms with Gasteiger partial charge in [-0.3, -0.25) is 19.8 Å². The molecule has 1 amide bonds. The smallest absolute Gasteiger partial charge is 0.326 e. The molecule has 1 atom stereocenters. The zero-order valence-electron chi connectivity index (χ0n) is 29.9. The predicted molar refractivity (Wildman–Crippen MR) is 198 cm³/mol. The van der Waals surface area contributed by atoms with E-state index in [0.29, 0.717) is 54.8 Å². The lowest BCUT2D eigenvalue weighted by atomic mass is 9.96. The number of halogens is 3. The first-order valence-electron chi connectivity index (χ1n) is 17.5. The minimum Gasteiger partial charge on any atom is -0.496 e. The summed E-state index contributed by atoms with van der Waals surface area (Å²) in [5.74, 6) is -0.614. The molecular formula is C39H42Cl2FN5O5. The van der Waals surface area contributed by atoms with Crippen molar-refractivity contribution in [3.05, 3.63) is 92.2 Å². The number of carbonyl (C=O) groups excluding carboxylic acids is 2. The fourth-order valence-corrected chi connectivity index (χ4v) is 7.92. The van der Waals surface area contributed by atoms with Crippen LogP contribution in [0, 0.1) is 5.82 Å². The molecule has 1 aliphatic heterocycles. The van der Waals surface area contributed by atoms with Crippen molar-refractivity contribution in [3.8, 4) is 22.6 Å². The molecule has 3 aromatic carbocycles. The van der Waals surface area contributed by atoms with E-state index in [2.05, 4.69) is 29.4 Å². The third-order valence-electron chi connectivity index (χ3n) is 10.6. The zero-order chi connectivity index (χ0) is 36.9. The Morgan fingerprint density at radius 3 is 2.52 bits per heavy atom. The van der Waals surface area contributed by atoms with E-state index in [9.17, 15) is 9.59 Å². The van der Waals surface area contributed by atoms with Gasteiger partial charge in [0.2, 0.25) is 0 Å².